The zero-order valence-corrected chi connectivity index (χ0v) is 11.5. The van der Waals surface area contributed by atoms with Crippen molar-refractivity contribution in [3.8, 4) is 0 Å². The third-order valence-electron chi connectivity index (χ3n) is 2.58. The molecule has 0 aliphatic carbocycles. The maximum atomic E-state index is 9.14. The van der Waals surface area contributed by atoms with Crippen LogP contribution >= 0.6 is 27.5 Å². The Morgan fingerprint density at radius 2 is 1.76 bits per heavy atom. The first kappa shape index (κ1) is 14.9. The van der Waals surface area contributed by atoms with Gasteiger partial charge in [0.25, 0.3) is 0 Å². The SMILES string of the molecule is OCC(CO)(CO)NCc1ccc(Br)cc1Cl. The third-order valence-corrected chi connectivity index (χ3v) is 3.42. The summed E-state index contributed by atoms with van der Waals surface area (Å²) in [6.45, 7) is -0.704. The lowest BCUT2D eigenvalue weighted by molar-refractivity contribution is 0.0414. The molecule has 4 N–H and O–H groups in total. The number of aliphatic hydroxyl groups excluding tert-OH is 3. The van der Waals surface area contributed by atoms with Crippen molar-refractivity contribution in [1.82, 2.24) is 5.32 Å². The van der Waals surface area contributed by atoms with E-state index in [1.165, 1.54) is 0 Å². The highest BCUT2D eigenvalue weighted by molar-refractivity contribution is 9.10. The summed E-state index contributed by atoms with van der Waals surface area (Å²) in [5.74, 6) is 0. The van der Waals surface area contributed by atoms with Crippen LogP contribution in [0.15, 0.2) is 22.7 Å². The number of aliphatic hydroxyl groups is 3. The van der Waals surface area contributed by atoms with Crippen LogP contribution in [0.2, 0.25) is 5.02 Å². The first-order chi connectivity index (χ1) is 8.06. The van der Waals surface area contributed by atoms with E-state index in [-0.39, 0.29) is 19.8 Å². The average molecular weight is 325 g/mol. The molecule has 4 nitrogen and oxygen atoms in total. The average Bonchev–Trinajstić information content (AvgIpc) is 2.33. The molecule has 0 radical (unpaired) electrons. The zero-order chi connectivity index (χ0) is 12.9. The van der Waals surface area contributed by atoms with Crippen molar-refractivity contribution < 1.29 is 15.3 Å². The smallest absolute Gasteiger partial charge is 0.0884 e. The predicted molar refractivity (Wildman–Crippen MR) is 70.0 cm³/mol. The number of hydrogen-bond donors (Lipinski definition) is 4. The molecule has 1 rings (SSSR count). The molecule has 0 aliphatic rings. The van der Waals surface area contributed by atoms with Gasteiger partial charge in [-0.2, -0.15) is 0 Å². The van der Waals surface area contributed by atoms with E-state index in [4.69, 9.17) is 26.9 Å². The van der Waals surface area contributed by atoms with E-state index in [2.05, 4.69) is 21.2 Å². The highest BCUT2D eigenvalue weighted by Gasteiger charge is 2.27. The normalized spacial score (nSPS) is 11.8. The van der Waals surface area contributed by atoms with Crippen molar-refractivity contribution in [1.29, 1.82) is 0 Å². The second kappa shape index (κ2) is 6.68. The van der Waals surface area contributed by atoms with Crippen molar-refractivity contribution in [2.24, 2.45) is 0 Å². The summed E-state index contributed by atoms with van der Waals surface area (Å²) in [7, 11) is 0. The predicted octanol–water partition coefficient (Wildman–Crippen LogP) is 0.908. The number of rotatable bonds is 6. The van der Waals surface area contributed by atoms with E-state index in [1.54, 1.807) is 6.07 Å². The molecule has 6 heteroatoms. The summed E-state index contributed by atoms with van der Waals surface area (Å²) in [5.41, 5.74) is -0.259. The molecule has 0 saturated heterocycles. The van der Waals surface area contributed by atoms with E-state index in [1.807, 2.05) is 12.1 Å². The van der Waals surface area contributed by atoms with Crippen LogP contribution in [0, 0.1) is 0 Å². The standard InChI is InChI=1S/C11H15BrClNO3/c12-9-2-1-8(10(13)3-9)4-14-11(5-15,6-16)7-17/h1-3,14-17H,4-7H2. The van der Waals surface area contributed by atoms with Gasteiger partial charge in [0.15, 0.2) is 0 Å². The lowest BCUT2D eigenvalue weighted by Crippen LogP contribution is -2.54. The van der Waals surface area contributed by atoms with Crippen molar-refractivity contribution >= 4 is 27.5 Å². The minimum Gasteiger partial charge on any atom is -0.394 e. The second-order valence-electron chi connectivity index (χ2n) is 3.84. The van der Waals surface area contributed by atoms with E-state index >= 15 is 0 Å². The second-order valence-corrected chi connectivity index (χ2v) is 5.17. The van der Waals surface area contributed by atoms with Gasteiger partial charge < -0.3 is 20.6 Å². The van der Waals surface area contributed by atoms with Gasteiger partial charge in [-0.05, 0) is 17.7 Å². The quantitative estimate of drug-likeness (QED) is 0.628. The Balaban J connectivity index is 2.72. The van der Waals surface area contributed by atoms with Crippen LogP contribution in [0.1, 0.15) is 5.56 Å². The lowest BCUT2D eigenvalue weighted by atomic mass is 10.0. The Labute approximate surface area is 113 Å². The fraction of sp³-hybridized carbons (Fsp3) is 0.455. The molecule has 0 spiro atoms. The monoisotopic (exact) mass is 323 g/mol. The van der Waals surface area contributed by atoms with Gasteiger partial charge in [0.05, 0.1) is 25.4 Å². The molecule has 0 saturated carbocycles. The molecular formula is C11H15BrClNO3. The summed E-state index contributed by atoms with van der Waals surface area (Å²) >= 11 is 9.33. The van der Waals surface area contributed by atoms with Crippen LogP contribution in [-0.2, 0) is 6.54 Å². The Kier molecular flexibility index (Phi) is 5.85. The molecule has 1 aromatic rings. The van der Waals surface area contributed by atoms with Gasteiger partial charge in [-0.15, -0.1) is 0 Å². The Morgan fingerprint density at radius 1 is 1.18 bits per heavy atom. The Hall–Kier alpha value is -0.170. The molecular weight excluding hydrogens is 309 g/mol. The van der Waals surface area contributed by atoms with Gasteiger partial charge in [0, 0.05) is 16.0 Å². The molecule has 0 amide bonds. The van der Waals surface area contributed by atoms with Gasteiger partial charge in [-0.1, -0.05) is 33.6 Å². The number of halogens is 2. The van der Waals surface area contributed by atoms with Crippen LogP contribution in [0.5, 0.6) is 0 Å². The van der Waals surface area contributed by atoms with Crippen LogP contribution in [0.25, 0.3) is 0 Å². The van der Waals surface area contributed by atoms with Crippen LogP contribution in [0.4, 0.5) is 0 Å². The number of benzene rings is 1. The number of hydrogen-bond acceptors (Lipinski definition) is 4. The highest BCUT2D eigenvalue weighted by atomic mass is 79.9. The number of nitrogens with one attached hydrogen (secondary N) is 1. The minimum absolute atomic E-state index is 0.353. The summed E-state index contributed by atoms with van der Waals surface area (Å²) in [6, 6.07) is 5.44. The van der Waals surface area contributed by atoms with Crippen molar-refractivity contribution in [2.75, 3.05) is 19.8 Å². The van der Waals surface area contributed by atoms with Crippen LogP contribution in [0.3, 0.4) is 0 Å². The van der Waals surface area contributed by atoms with Gasteiger partial charge in [0.1, 0.15) is 0 Å². The fourth-order valence-electron chi connectivity index (χ4n) is 1.27. The van der Waals surface area contributed by atoms with Gasteiger partial charge in [0.2, 0.25) is 0 Å². The van der Waals surface area contributed by atoms with Gasteiger partial charge in [-0.3, -0.25) is 0 Å². The van der Waals surface area contributed by atoms with Crippen molar-refractivity contribution in [2.45, 2.75) is 12.1 Å². The summed E-state index contributed by atoms with van der Waals surface area (Å²) < 4.78 is 0.879. The summed E-state index contributed by atoms with van der Waals surface area (Å²) in [4.78, 5) is 0. The van der Waals surface area contributed by atoms with Crippen LogP contribution < -0.4 is 5.32 Å². The van der Waals surface area contributed by atoms with Gasteiger partial charge >= 0.3 is 0 Å². The fourth-order valence-corrected chi connectivity index (χ4v) is 2.01. The van der Waals surface area contributed by atoms with E-state index in [9.17, 15) is 0 Å². The molecule has 0 aliphatic heterocycles. The molecule has 0 unspecified atom stereocenters. The summed E-state index contributed by atoms with van der Waals surface area (Å²) in [5, 5.41) is 30.9. The zero-order valence-electron chi connectivity index (χ0n) is 9.16. The van der Waals surface area contributed by atoms with E-state index in [0.29, 0.717) is 11.6 Å². The molecule has 17 heavy (non-hydrogen) atoms. The molecule has 0 fully saturated rings. The summed E-state index contributed by atoms with van der Waals surface area (Å²) in [6.07, 6.45) is 0. The molecule has 0 aromatic heterocycles. The Morgan fingerprint density at radius 3 is 2.24 bits per heavy atom. The van der Waals surface area contributed by atoms with E-state index in [0.717, 1.165) is 10.0 Å². The Bertz CT molecular complexity index is 363. The third kappa shape index (κ3) is 3.91. The van der Waals surface area contributed by atoms with Crippen LogP contribution in [-0.4, -0.2) is 40.7 Å². The molecule has 0 atom stereocenters. The maximum Gasteiger partial charge on any atom is 0.0884 e. The lowest BCUT2D eigenvalue weighted by Gasteiger charge is -2.29. The van der Waals surface area contributed by atoms with Crippen molar-refractivity contribution in [3.63, 3.8) is 0 Å². The molecule has 1 aromatic carbocycles. The molecule has 0 bridgehead atoms. The first-order valence-electron chi connectivity index (χ1n) is 5.08. The topological polar surface area (TPSA) is 72.7 Å². The minimum atomic E-state index is -1.09. The van der Waals surface area contributed by atoms with E-state index < -0.39 is 5.54 Å². The van der Waals surface area contributed by atoms with Crippen molar-refractivity contribution in [3.05, 3.63) is 33.3 Å². The maximum absolute atomic E-state index is 9.14. The largest absolute Gasteiger partial charge is 0.394 e. The highest BCUT2D eigenvalue weighted by Crippen LogP contribution is 2.21. The molecule has 96 valence electrons. The van der Waals surface area contributed by atoms with Gasteiger partial charge in [-0.25, -0.2) is 0 Å². The molecule has 0 heterocycles. The first-order valence-corrected chi connectivity index (χ1v) is 6.25.